The Morgan fingerprint density at radius 3 is 1.80 bits per heavy atom. The number of aliphatic carboxylic acids is 3. The predicted octanol–water partition coefficient (Wildman–Crippen LogP) is 3.83. The molecule has 45 heavy (non-hydrogen) atoms. The molecule has 11 nitrogen and oxygen atoms in total. The minimum absolute atomic E-state index is 0.200. The van der Waals surface area contributed by atoms with E-state index in [1.165, 1.54) is 38.9 Å². The average molecular weight is 674 g/mol. The Labute approximate surface area is 250 Å². The zero-order chi connectivity index (χ0) is 34.4. The number of hydrogen-bond donors (Lipinski definition) is 3. The minimum atomic E-state index is -5.08. The Balaban J connectivity index is 0.000000396. The molecule has 0 amide bonds. The maximum Gasteiger partial charge on any atom is 0.490 e. The summed E-state index contributed by atoms with van der Waals surface area (Å²) in [6, 6.07) is 4.56. The molecule has 3 aliphatic rings. The molecular formula is C25H32F9N3O8. The van der Waals surface area contributed by atoms with Crippen molar-refractivity contribution in [3.05, 3.63) is 30.1 Å². The number of rotatable bonds is 6. The van der Waals surface area contributed by atoms with E-state index in [2.05, 4.69) is 20.9 Å². The molecule has 3 heterocycles. The predicted molar refractivity (Wildman–Crippen MR) is 134 cm³/mol. The maximum absolute atomic E-state index is 10.6. The Kier molecular flexibility index (Phi) is 16.0. The number of halogens is 9. The molecule has 3 atom stereocenters. The minimum Gasteiger partial charge on any atom is -0.475 e. The van der Waals surface area contributed by atoms with Gasteiger partial charge in [0, 0.05) is 38.1 Å². The van der Waals surface area contributed by atoms with Gasteiger partial charge in [-0.25, -0.2) is 14.4 Å². The van der Waals surface area contributed by atoms with Gasteiger partial charge in [0.1, 0.15) is 0 Å². The summed E-state index contributed by atoms with van der Waals surface area (Å²) < 4.78 is 108. The monoisotopic (exact) mass is 673 g/mol. The zero-order valence-corrected chi connectivity index (χ0v) is 23.4. The Morgan fingerprint density at radius 1 is 0.844 bits per heavy atom. The second-order valence-corrected chi connectivity index (χ2v) is 9.68. The van der Waals surface area contributed by atoms with Gasteiger partial charge in [0.25, 0.3) is 0 Å². The number of carboxylic acids is 3. The Morgan fingerprint density at radius 2 is 1.36 bits per heavy atom. The summed E-state index contributed by atoms with van der Waals surface area (Å²) in [6.45, 7) is 7.41. The van der Waals surface area contributed by atoms with Crippen LogP contribution in [0, 0.1) is 0 Å². The number of alkyl halides is 9. The Hall–Kier alpha value is -3.23. The molecule has 2 aliphatic heterocycles. The highest BCUT2D eigenvalue weighted by Gasteiger charge is 2.43. The number of likely N-dealkylation sites (tertiary alicyclic amines) is 1. The summed E-state index contributed by atoms with van der Waals surface area (Å²) in [5.41, 5.74) is 1.14. The summed E-state index contributed by atoms with van der Waals surface area (Å²) >= 11 is 0. The van der Waals surface area contributed by atoms with Gasteiger partial charge in [0.2, 0.25) is 0 Å². The third-order valence-corrected chi connectivity index (χ3v) is 6.47. The Bertz CT molecular complexity index is 996. The number of ether oxygens (including phenoxy) is 2. The molecule has 1 aliphatic carbocycles. The van der Waals surface area contributed by atoms with Crippen LogP contribution in [-0.4, -0.2) is 124 Å². The molecule has 3 N–H and O–H groups in total. The summed E-state index contributed by atoms with van der Waals surface area (Å²) in [5.74, 6) is -8.27. The first-order valence-corrected chi connectivity index (χ1v) is 13.2. The van der Waals surface area contributed by atoms with Gasteiger partial charge in [0.05, 0.1) is 25.4 Å². The highest BCUT2D eigenvalue weighted by atomic mass is 19.4. The first-order chi connectivity index (χ1) is 20.7. The van der Waals surface area contributed by atoms with Crippen molar-refractivity contribution in [1.82, 2.24) is 14.8 Å². The van der Waals surface area contributed by atoms with Crippen molar-refractivity contribution in [2.75, 3.05) is 39.3 Å². The summed E-state index contributed by atoms with van der Waals surface area (Å²) in [4.78, 5) is 36.1. The van der Waals surface area contributed by atoms with Crippen LogP contribution in [0.3, 0.4) is 0 Å². The number of carboxylic acid groups (broad SMARTS) is 3. The van der Waals surface area contributed by atoms with Crippen LogP contribution in [0.1, 0.15) is 31.2 Å². The lowest BCUT2D eigenvalue weighted by Gasteiger charge is -2.32. The molecule has 3 unspecified atom stereocenters. The van der Waals surface area contributed by atoms with Crippen molar-refractivity contribution < 1.29 is 78.7 Å². The lowest BCUT2D eigenvalue weighted by Crippen LogP contribution is -2.46. The van der Waals surface area contributed by atoms with Crippen LogP contribution in [0.15, 0.2) is 24.5 Å². The molecule has 0 radical (unpaired) electrons. The van der Waals surface area contributed by atoms with Crippen molar-refractivity contribution >= 4 is 17.9 Å². The summed E-state index contributed by atoms with van der Waals surface area (Å²) in [6.07, 6.45) is -6.02. The average Bonchev–Trinajstić information content (AvgIpc) is 3.55. The van der Waals surface area contributed by atoms with Crippen LogP contribution in [0.25, 0.3) is 0 Å². The van der Waals surface area contributed by atoms with Crippen molar-refractivity contribution in [2.24, 2.45) is 0 Å². The zero-order valence-electron chi connectivity index (χ0n) is 23.4. The van der Waals surface area contributed by atoms with Gasteiger partial charge in [-0.2, -0.15) is 39.5 Å². The van der Waals surface area contributed by atoms with Gasteiger partial charge in [-0.1, -0.05) is 6.07 Å². The van der Waals surface area contributed by atoms with E-state index < -0.39 is 36.4 Å². The SMILES string of the molecule is O=C(O)C(F)(F)F.O=C(O)C(F)(F)F.O=C(O)C(F)(F)F.c1cncc(COC2C3CCC2N(CCN2CCCC2)CCO3)c1. The fraction of sp³-hybridized carbons (Fsp3) is 0.680. The molecule has 4 rings (SSSR count). The molecular weight excluding hydrogens is 641 g/mol. The number of hydrogen-bond acceptors (Lipinski definition) is 8. The molecule has 20 heteroatoms. The van der Waals surface area contributed by atoms with Gasteiger partial charge in [-0.05, 0) is 50.4 Å². The fourth-order valence-corrected chi connectivity index (χ4v) is 4.42. The molecule has 3 fully saturated rings. The van der Waals surface area contributed by atoms with E-state index in [0.717, 1.165) is 31.7 Å². The van der Waals surface area contributed by atoms with Gasteiger partial charge in [0.15, 0.2) is 0 Å². The van der Waals surface area contributed by atoms with E-state index in [0.29, 0.717) is 12.6 Å². The number of fused-ring (bicyclic) bond motifs is 2. The second kappa shape index (κ2) is 18.1. The number of aromatic nitrogens is 1. The first kappa shape index (κ1) is 39.8. The number of carbonyl (C=O) groups is 3. The van der Waals surface area contributed by atoms with Crippen LogP contribution >= 0.6 is 0 Å². The van der Waals surface area contributed by atoms with Gasteiger partial charge in [-0.15, -0.1) is 0 Å². The van der Waals surface area contributed by atoms with Crippen LogP contribution in [0.4, 0.5) is 39.5 Å². The molecule has 1 saturated carbocycles. The largest absolute Gasteiger partial charge is 0.490 e. The highest BCUT2D eigenvalue weighted by Crippen LogP contribution is 2.32. The molecule has 2 bridgehead atoms. The van der Waals surface area contributed by atoms with E-state index in [4.69, 9.17) is 39.2 Å². The molecule has 1 aromatic heterocycles. The van der Waals surface area contributed by atoms with Crippen LogP contribution in [0.2, 0.25) is 0 Å². The molecule has 1 aromatic rings. The van der Waals surface area contributed by atoms with E-state index >= 15 is 0 Å². The van der Waals surface area contributed by atoms with Gasteiger partial charge in [-0.3, -0.25) is 9.88 Å². The van der Waals surface area contributed by atoms with Crippen molar-refractivity contribution in [1.29, 1.82) is 0 Å². The standard InChI is InChI=1S/C19H29N3O2.3C2HF3O2/c1-2-9-21(8-1)10-11-22-12-13-23-18-6-5-17(22)19(18)24-15-16-4-3-7-20-14-16;3*3-2(4,5)1(6)7/h3-4,7,14,17-19H,1-2,5-6,8-13,15H2;3*(H,6,7). The normalized spacial score (nSPS) is 22.0. The number of pyridine rings is 1. The number of nitrogens with zero attached hydrogens (tertiary/aromatic N) is 3. The van der Waals surface area contributed by atoms with E-state index in [9.17, 15) is 39.5 Å². The van der Waals surface area contributed by atoms with Crippen LogP contribution in [-0.2, 0) is 30.5 Å². The topological polar surface area (TPSA) is 150 Å². The smallest absolute Gasteiger partial charge is 0.475 e. The van der Waals surface area contributed by atoms with E-state index in [-0.39, 0.29) is 12.2 Å². The third kappa shape index (κ3) is 15.6. The lowest BCUT2D eigenvalue weighted by molar-refractivity contribution is -0.193. The van der Waals surface area contributed by atoms with Crippen molar-refractivity contribution in [3.63, 3.8) is 0 Å². The molecule has 0 spiro atoms. The molecule has 258 valence electrons. The lowest BCUT2D eigenvalue weighted by atomic mass is 10.1. The summed E-state index contributed by atoms with van der Waals surface area (Å²) in [5, 5.41) is 21.4. The first-order valence-electron chi connectivity index (χ1n) is 13.2. The van der Waals surface area contributed by atoms with Crippen LogP contribution < -0.4 is 0 Å². The highest BCUT2D eigenvalue weighted by molar-refractivity contribution is 5.73. The van der Waals surface area contributed by atoms with Gasteiger partial charge < -0.3 is 29.7 Å². The maximum atomic E-state index is 10.6. The van der Waals surface area contributed by atoms with Crippen molar-refractivity contribution in [3.8, 4) is 0 Å². The third-order valence-electron chi connectivity index (χ3n) is 6.47. The van der Waals surface area contributed by atoms with Crippen LogP contribution in [0.5, 0.6) is 0 Å². The molecule has 0 aromatic carbocycles. The van der Waals surface area contributed by atoms with E-state index in [1.807, 2.05) is 18.5 Å². The second-order valence-electron chi connectivity index (χ2n) is 9.68. The van der Waals surface area contributed by atoms with Crippen molar-refractivity contribution in [2.45, 2.75) is 69.1 Å². The van der Waals surface area contributed by atoms with E-state index in [1.54, 1.807) is 0 Å². The molecule has 2 saturated heterocycles. The summed E-state index contributed by atoms with van der Waals surface area (Å²) in [7, 11) is 0. The van der Waals surface area contributed by atoms with Gasteiger partial charge >= 0.3 is 36.4 Å². The fourth-order valence-electron chi connectivity index (χ4n) is 4.42. The quantitative estimate of drug-likeness (QED) is 0.379.